The fourth-order valence-electron chi connectivity index (χ4n) is 2.40. The minimum atomic E-state index is -0.900. The van der Waals surface area contributed by atoms with E-state index in [1.54, 1.807) is 14.2 Å². The van der Waals surface area contributed by atoms with Crippen molar-refractivity contribution < 1.29 is 19.4 Å². The number of nitrogens with zero attached hydrogens (tertiary/aromatic N) is 2. The molecule has 2 heterocycles. The Morgan fingerprint density at radius 2 is 2.00 bits per heavy atom. The molecule has 0 radical (unpaired) electrons. The molecule has 1 aliphatic heterocycles. The molecule has 0 saturated carbocycles. The van der Waals surface area contributed by atoms with E-state index in [2.05, 4.69) is 4.98 Å². The lowest BCUT2D eigenvalue weighted by Gasteiger charge is -2.13. The van der Waals surface area contributed by atoms with E-state index in [9.17, 15) is 9.90 Å². The highest BCUT2D eigenvalue weighted by Crippen LogP contribution is 2.31. The van der Waals surface area contributed by atoms with Gasteiger partial charge in [0.1, 0.15) is 17.1 Å². The third kappa shape index (κ3) is 2.94. The molecule has 1 aromatic rings. The molecule has 0 amide bonds. The fraction of sp³-hybridized carbons (Fsp3) is 0.692. The van der Waals surface area contributed by atoms with Crippen LogP contribution in [0.25, 0.3) is 0 Å². The van der Waals surface area contributed by atoms with Gasteiger partial charge in [-0.15, -0.1) is 0 Å². The number of ether oxygens (including phenoxy) is 2. The van der Waals surface area contributed by atoms with Gasteiger partial charge in [-0.3, -0.25) is 0 Å². The van der Waals surface area contributed by atoms with Gasteiger partial charge in [-0.1, -0.05) is 24.7 Å². The van der Waals surface area contributed by atoms with Crippen LogP contribution in [0.1, 0.15) is 28.7 Å². The molecule has 6 nitrogen and oxygen atoms in total. The molecule has 1 aliphatic rings. The van der Waals surface area contributed by atoms with Crippen molar-refractivity contribution in [2.75, 3.05) is 32.2 Å². The molecule has 0 bridgehead atoms. The van der Waals surface area contributed by atoms with E-state index >= 15 is 0 Å². The van der Waals surface area contributed by atoms with E-state index in [4.69, 9.17) is 9.47 Å². The summed E-state index contributed by atoms with van der Waals surface area (Å²) in [6, 6.07) is 0. The smallest absolute Gasteiger partial charge is 0.347 e. The third-order valence-electron chi connectivity index (χ3n) is 3.46. The highest BCUT2D eigenvalue weighted by Gasteiger charge is 2.35. The van der Waals surface area contributed by atoms with Gasteiger partial charge in [0, 0.05) is 27.3 Å². The van der Waals surface area contributed by atoms with Crippen LogP contribution in [-0.2, 0) is 15.9 Å². The minimum absolute atomic E-state index is 0.00759. The number of aromatic carboxylic acids is 1. The summed E-state index contributed by atoms with van der Waals surface area (Å²) in [4.78, 5) is 18.1. The van der Waals surface area contributed by atoms with Crippen LogP contribution in [-0.4, -0.2) is 55.6 Å². The molecule has 2 rings (SSSR count). The maximum absolute atomic E-state index is 11.3. The number of rotatable bonds is 6. The summed E-state index contributed by atoms with van der Waals surface area (Å²) in [6.45, 7) is 3.36. The van der Waals surface area contributed by atoms with Gasteiger partial charge in [0.05, 0.1) is 5.69 Å². The predicted molar refractivity (Wildman–Crippen MR) is 76.9 cm³/mol. The molecule has 1 saturated heterocycles. The quantitative estimate of drug-likeness (QED) is 0.861. The van der Waals surface area contributed by atoms with E-state index in [-0.39, 0.29) is 12.2 Å². The van der Waals surface area contributed by atoms with Gasteiger partial charge in [-0.25, -0.2) is 9.78 Å². The summed E-state index contributed by atoms with van der Waals surface area (Å²) < 4.78 is 10.8. The van der Waals surface area contributed by atoms with Crippen molar-refractivity contribution in [3.8, 4) is 0 Å². The van der Waals surface area contributed by atoms with Crippen LogP contribution in [0.2, 0.25) is 0 Å². The van der Waals surface area contributed by atoms with Crippen LogP contribution < -0.4 is 4.90 Å². The normalized spacial score (nSPS) is 22.4. The van der Waals surface area contributed by atoms with Crippen molar-refractivity contribution in [3.63, 3.8) is 0 Å². The van der Waals surface area contributed by atoms with E-state index in [0.29, 0.717) is 30.1 Å². The summed E-state index contributed by atoms with van der Waals surface area (Å²) in [6.07, 6.45) is 1.55. The third-order valence-corrected chi connectivity index (χ3v) is 4.60. The van der Waals surface area contributed by atoms with Crippen molar-refractivity contribution in [1.82, 2.24) is 4.98 Å². The molecular weight excluding hydrogens is 280 g/mol. The molecule has 112 valence electrons. The van der Waals surface area contributed by atoms with Crippen LogP contribution in [0.15, 0.2) is 0 Å². The van der Waals surface area contributed by atoms with Crippen molar-refractivity contribution in [2.24, 2.45) is 0 Å². The highest BCUT2D eigenvalue weighted by molar-refractivity contribution is 7.17. The Morgan fingerprint density at radius 1 is 1.40 bits per heavy atom. The number of methoxy groups -OCH3 is 2. The predicted octanol–water partition coefficient (Wildman–Crippen LogP) is 1.64. The van der Waals surface area contributed by atoms with Gasteiger partial charge in [0.15, 0.2) is 5.13 Å². The molecule has 2 atom stereocenters. The van der Waals surface area contributed by atoms with Crippen molar-refractivity contribution in [2.45, 2.75) is 32.0 Å². The number of thiazole rings is 1. The number of hydrogen-bond acceptors (Lipinski definition) is 6. The van der Waals surface area contributed by atoms with Crippen LogP contribution in [0.5, 0.6) is 0 Å². The van der Waals surface area contributed by atoms with Crippen LogP contribution in [0.3, 0.4) is 0 Å². The number of aromatic nitrogens is 1. The van der Waals surface area contributed by atoms with Crippen molar-refractivity contribution >= 4 is 22.4 Å². The average molecular weight is 300 g/mol. The minimum Gasteiger partial charge on any atom is -0.477 e. The SMILES string of the molecule is CCCc1nc(N2CC(OC)C(OC)C2)sc1C(=O)O. The summed E-state index contributed by atoms with van der Waals surface area (Å²) in [5.74, 6) is -0.900. The number of carboxylic acid groups (broad SMARTS) is 1. The topological polar surface area (TPSA) is 71.9 Å². The molecule has 7 heteroatoms. The van der Waals surface area contributed by atoms with E-state index in [1.165, 1.54) is 11.3 Å². The lowest BCUT2D eigenvalue weighted by atomic mass is 10.2. The molecule has 0 spiro atoms. The molecule has 1 N–H and O–H groups in total. The molecule has 0 aromatic carbocycles. The second kappa shape index (κ2) is 6.51. The monoisotopic (exact) mass is 300 g/mol. The average Bonchev–Trinajstić information content (AvgIpc) is 3.02. The zero-order valence-electron chi connectivity index (χ0n) is 12.0. The number of carbonyl (C=O) groups is 1. The van der Waals surface area contributed by atoms with Gasteiger partial charge in [0.2, 0.25) is 0 Å². The first-order valence-electron chi connectivity index (χ1n) is 6.64. The maximum Gasteiger partial charge on any atom is 0.347 e. The first-order chi connectivity index (χ1) is 9.60. The second-order valence-electron chi connectivity index (χ2n) is 4.78. The zero-order valence-corrected chi connectivity index (χ0v) is 12.8. The Hall–Kier alpha value is -1.18. The van der Waals surface area contributed by atoms with Gasteiger partial charge >= 0.3 is 5.97 Å². The zero-order chi connectivity index (χ0) is 14.7. The lowest BCUT2D eigenvalue weighted by Crippen LogP contribution is -2.27. The molecule has 1 fully saturated rings. The molecule has 0 aliphatic carbocycles. The molecule has 2 unspecified atom stereocenters. The van der Waals surface area contributed by atoms with Gasteiger partial charge in [0.25, 0.3) is 0 Å². The number of hydrogen-bond donors (Lipinski definition) is 1. The Bertz CT molecular complexity index is 465. The summed E-state index contributed by atoms with van der Waals surface area (Å²) in [5.41, 5.74) is 0.676. The summed E-state index contributed by atoms with van der Waals surface area (Å²) >= 11 is 1.23. The molecular formula is C13H20N2O4S. The largest absolute Gasteiger partial charge is 0.477 e. The maximum atomic E-state index is 11.3. The van der Waals surface area contributed by atoms with Crippen molar-refractivity contribution in [1.29, 1.82) is 0 Å². The Labute approximate surface area is 122 Å². The van der Waals surface area contributed by atoms with Gasteiger partial charge < -0.3 is 19.5 Å². The number of anilines is 1. The summed E-state index contributed by atoms with van der Waals surface area (Å²) in [5, 5.41) is 9.99. The van der Waals surface area contributed by atoms with Crippen LogP contribution in [0.4, 0.5) is 5.13 Å². The Balaban J connectivity index is 2.21. The van der Waals surface area contributed by atoms with Gasteiger partial charge in [-0.05, 0) is 6.42 Å². The summed E-state index contributed by atoms with van der Waals surface area (Å²) in [7, 11) is 3.32. The van der Waals surface area contributed by atoms with Crippen LogP contribution in [0, 0.1) is 0 Å². The standard InChI is InChI=1S/C13H20N2O4S/c1-4-5-8-11(12(16)17)20-13(14-8)15-6-9(18-2)10(7-15)19-3/h9-10H,4-7H2,1-3H3,(H,16,17). The first-order valence-corrected chi connectivity index (χ1v) is 7.45. The lowest BCUT2D eigenvalue weighted by molar-refractivity contribution is -0.00461. The Kier molecular flexibility index (Phi) is 4.95. The highest BCUT2D eigenvalue weighted by atomic mass is 32.1. The number of aryl methyl sites for hydroxylation is 1. The Morgan fingerprint density at radius 3 is 2.45 bits per heavy atom. The second-order valence-corrected chi connectivity index (χ2v) is 5.76. The van der Waals surface area contributed by atoms with Gasteiger partial charge in [-0.2, -0.15) is 0 Å². The molecule has 20 heavy (non-hydrogen) atoms. The van der Waals surface area contributed by atoms with E-state index in [1.807, 2.05) is 11.8 Å². The van der Waals surface area contributed by atoms with E-state index in [0.717, 1.165) is 11.6 Å². The number of carboxylic acids is 1. The first kappa shape index (κ1) is 15.2. The van der Waals surface area contributed by atoms with Crippen molar-refractivity contribution in [3.05, 3.63) is 10.6 Å². The fourth-order valence-corrected chi connectivity index (χ4v) is 3.37. The van der Waals surface area contributed by atoms with E-state index < -0.39 is 5.97 Å². The van der Waals surface area contributed by atoms with Crippen LogP contribution >= 0.6 is 11.3 Å². The molecule has 1 aromatic heterocycles.